The molecular weight excluding hydrogens is 60.1 g/mol. The van der Waals surface area contributed by atoms with Gasteiger partial charge < -0.3 is 0 Å². The molecule has 0 radical (unpaired) electrons. The van der Waals surface area contributed by atoms with Gasteiger partial charge in [0.2, 0.25) is 0 Å². The topological polar surface area (TPSA) is 0 Å². The summed E-state index contributed by atoms with van der Waals surface area (Å²) in [6.45, 7) is 0. The molecule has 0 bridgehead atoms. The van der Waals surface area contributed by atoms with Gasteiger partial charge in [0.15, 0.2) is 0 Å². The molecular formula is C5H9+. The third kappa shape index (κ3) is 0.571. The second kappa shape index (κ2) is 1.34. The molecule has 1 saturated carbocycles. The highest BCUT2D eigenvalue weighted by atomic mass is 14.0. The molecule has 0 heterocycles. The second-order valence-corrected chi connectivity index (χ2v) is 1.57. The van der Waals surface area contributed by atoms with Crippen molar-refractivity contribution in [3.05, 3.63) is 6.42 Å². The Morgan fingerprint density at radius 2 is 1.60 bits per heavy atom. The van der Waals surface area contributed by atoms with Crippen LogP contribution in [-0.4, -0.2) is 0 Å². The van der Waals surface area contributed by atoms with E-state index in [1.54, 1.807) is 0 Å². The van der Waals surface area contributed by atoms with Gasteiger partial charge in [0.25, 0.3) is 0 Å². The molecule has 0 nitrogen and oxygen atoms in total. The van der Waals surface area contributed by atoms with E-state index in [-0.39, 0.29) is 0 Å². The molecule has 0 heteroatoms. The lowest BCUT2D eigenvalue weighted by atomic mass is 10.4. The molecule has 1 aliphatic rings. The number of rotatable bonds is 0. The van der Waals surface area contributed by atoms with Gasteiger partial charge in [0.1, 0.15) is 0 Å². The van der Waals surface area contributed by atoms with Crippen LogP contribution in [0.5, 0.6) is 0 Å². The van der Waals surface area contributed by atoms with Crippen molar-refractivity contribution in [3.63, 3.8) is 0 Å². The minimum atomic E-state index is 1.38. The van der Waals surface area contributed by atoms with E-state index in [1.807, 2.05) is 0 Å². The molecule has 0 unspecified atom stereocenters. The molecule has 28 valence electrons. The molecule has 0 aliphatic heterocycles. The Balaban J connectivity index is 2.08. The van der Waals surface area contributed by atoms with Crippen LogP contribution in [-0.2, 0) is 0 Å². The van der Waals surface area contributed by atoms with Gasteiger partial charge in [-0.1, -0.05) is 0 Å². The van der Waals surface area contributed by atoms with E-state index >= 15 is 0 Å². The fraction of sp³-hybridized carbons (Fsp3) is 0.800. The van der Waals surface area contributed by atoms with E-state index in [0.29, 0.717) is 0 Å². The van der Waals surface area contributed by atoms with Crippen molar-refractivity contribution < 1.29 is 0 Å². The van der Waals surface area contributed by atoms with Crippen LogP contribution in [0.1, 0.15) is 25.7 Å². The van der Waals surface area contributed by atoms with E-state index in [1.165, 1.54) is 25.7 Å². The van der Waals surface area contributed by atoms with Crippen molar-refractivity contribution in [3.8, 4) is 0 Å². The first-order valence-electron chi connectivity index (χ1n) is 2.32. The molecule has 0 spiro atoms. The summed E-state index contributed by atoms with van der Waals surface area (Å²) >= 11 is 0. The van der Waals surface area contributed by atoms with Crippen LogP contribution in [0.2, 0.25) is 0 Å². The molecule has 0 amide bonds. The lowest BCUT2D eigenvalue weighted by Gasteiger charge is -1.60. The van der Waals surface area contributed by atoms with Gasteiger partial charge in [0, 0.05) is 0 Å². The SMILES string of the molecule is [CH+]1CCCC1. The van der Waals surface area contributed by atoms with Crippen molar-refractivity contribution in [1.29, 1.82) is 0 Å². The summed E-state index contributed by atoms with van der Waals surface area (Å²) in [6.07, 6.45) is 8.00. The Labute approximate surface area is 33.2 Å². The molecule has 1 fully saturated rings. The number of hydrogen-bond donors (Lipinski definition) is 0. The summed E-state index contributed by atoms with van der Waals surface area (Å²) in [5.74, 6) is 0. The largest absolute Gasteiger partial charge is 0.0877 e. The van der Waals surface area contributed by atoms with Crippen molar-refractivity contribution in [1.82, 2.24) is 0 Å². The summed E-state index contributed by atoms with van der Waals surface area (Å²) in [5.41, 5.74) is 0. The van der Waals surface area contributed by atoms with E-state index in [2.05, 4.69) is 6.42 Å². The quantitative estimate of drug-likeness (QED) is 0.380. The number of hydrogen-bond acceptors (Lipinski definition) is 0. The van der Waals surface area contributed by atoms with Crippen LogP contribution >= 0.6 is 0 Å². The van der Waals surface area contributed by atoms with Crippen molar-refractivity contribution in [2.75, 3.05) is 0 Å². The molecule has 0 N–H and O–H groups in total. The maximum absolute atomic E-state index is 2.36. The summed E-state index contributed by atoms with van der Waals surface area (Å²) in [4.78, 5) is 0. The third-order valence-corrected chi connectivity index (χ3v) is 1.07. The Morgan fingerprint density at radius 1 is 1.00 bits per heavy atom. The molecule has 0 aromatic heterocycles. The van der Waals surface area contributed by atoms with Gasteiger partial charge in [-0.2, -0.15) is 0 Å². The maximum Gasteiger partial charge on any atom is 0.0877 e. The minimum absolute atomic E-state index is 1.38. The first-order valence-corrected chi connectivity index (χ1v) is 2.32. The zero-order valence-electron chi connectivity index (χ0n) is 3.41. The first kappa shape index (κ1) is 3.08. The first-order chi connectivity index (χ1) is 2.50. The van der Waals surface area contributed by atoms with Crippen molar-refractivity contribution in [2.45, 2.75) is 25.7 Å². The predicted octanol–water partition coefficient (Wildman–Crippen LogP) is 1.76. The Bertz CT molecular complexity index is 11.6. The van der Waals surface area contributed by atoms with Crippen LogP contribution in [0.3, 0.4) is 0 Å². The zero-order valence-corrected chi connectivity index (χ0v) is 3.41. The average molecular weight is 69.1 g/mol. The van der Waals surface area contributed by atoms with Gasteiger partial charge in [-0.15, -0.1) is 0 Å². The zero-order chi connectivity index (χ0) is 3.54. The van der Waals surface area contributed by atoms with Crippen LogP contribution in [0.15, 0.2) is 0 Å². The standard InChI is InChI=1S/C5H9/c1-2-4-5-3-1/h1H,2-5H2/q+1. The third-order valence-electron chi connectivity index (χ3n) is 1.07. The second-order valence-electron chi connectivity index (χ2n) is 1.57. The van der Waals surface area contributed by atoms with E-state index < -0.39 is 0 Å². The Kier molecular flexibility index (Phi) is 0.827. The fourth-order valence-corrected chi connectivity index (χ4v) is 0.722. The van der Waals surface area contributed by atoms with Gasteiger partial charge in [-0.3, -0.25) is 0 Å². The highest BCUT2D eigenvalue weighted by molar-refractivity contribution is 4.71. The van der Waals surface area contributed by atoms with Gasteiger partial charge in [-0.05, 0) is 12.8 Å². The van der Waals surface area contributed by atoms with Gasteiger partial charge in [0.05, 0.1) is 19.3 Å². The lowest BCUT2D eigenvalue weighted by Crippen LogP contribution is -1.50. The Morgan fingerprint density at radius 3 is 1.80 bits per heavy atom. The van der Waals surface area contributed by atoms with Crippen LogP contribution < -0.4 is 0 Å². The Hall–Kier alpha value is -0.130. The minimum Gasteiger partial charge on any atom is -0.00845 e. The van der Waals surface area contributed by atoms with Crippen LogP contribution in [0, 0.1) is 6.42 Å². The summed E-state index contributed by atoms with van der Waals surface area (Å²) in [7, 11) is 0. The maximum atomic E-state index is 2.36. The monoisotopic (exact) mass is 69.1 g/mol. The summed E-state index contributed by atoms with van der Waals surface area (Å²) in [6, 6.07) is 0. The van der Waals surface area contributed by atoms with Crippen molar-refractivity contribution >= 4 is 0 Å². The highest BCUT2D eigenvalue weighted by Gasteiger charge is 2.05. The molecule has 1 aliphatic carbocycles. The molecule has 1 rings (SSSR count). The lowest BCUT2D eigenvalue weighted by molar-refractivity contribution is 0.886. The molecule has 0 aromatic rings. The fourth-order valence-electron chi connectivity index (χ4n) is 0.722. The van der Waals surface area contributed by atoms with Gasteiger partial charge >= 0.3 is 0 Å². The van der Waals surface area contributed by atoms with E-state index in [4.69, 9.17) is 0 Å². The van der Waals surface area contributed by atoms with Crippen LogP contribution in [0.25, 0.3) is 0 Å². The van der Waals surface area contributed by atoms with Crippen molar-refractivity contribution in [2.24, 2.45) is 0 Å². The normalized spacial score (nSPS) is 22.4. The smallest absolute Gasteiger partial charge is 0.00845 e. The average Bonchev–Trinajstić information content (AvgIpc) is 1.76. The van der Waals surface area contributed by atoms with Crippen LogP contribution in [0.4, 0.5) is 0 Å². The molecule has 0 atom stereocenters. The summed E-state index contributed by atoms with van der Waals surface area (Å²) < 4.78 is 0. The van der Waals surface area contributed by atoms with E-state index in [9.17, 15) is 0 Å². The van der Waals surface area contributed by atoms with Gasteiger partial charge in [-0.25, -0.2) is 0 Å². The van der Waals surface area contributed by atoms with E-state index in [0.717, 1.165) is 0 Å². The molecule has 0 aromatic carbocycles. The predicted molar refractivity (Wildman–Crippen MR) is 22.8 cm³/mol. The summed E-state index contributed by atoms with van der Waals surface area (Å²) in [5, 5.41) is 0. The highest BCUT2D eigenvalue weighted by Crippen LogP contribution is 2.13. The molecule has 5 heavy (non-hydrogen) atoms. The molecule has 0 saturated heterocycles.